The summed E-state index contributed by atoms with van der Waals surface area (Å²) >= 11 is 0. The first-order chi connectivity index (χ1) is 6.54. The van der Waals surface area contributed by atoms with Crippen molar-refractivity contribution in [2.24, 2.45) is 0 Å². The number of nitrogens with one attached hydrogen (secondary N) is 3. The predicted molar refractivity (Wildman–Crippen MR) is 43.5 cm³/mol. The highest BCUT2D eigenvalue weighted by Crippen LogP contribution is 2.31. The van der Waals surface area contributed by atoms with E-state index in [1.165, 1.54) is 18.2 Å². The Kier molecular flexibility index (Phi) is 1.88. The smallest absolute Gasteiger partial charge is 0.406 e. The molecule has 1 aliphatic heterocycles. The average Bonchev–Trinajstić information content (AvgIpc) is 2.47. The molecular formula is C7H6F3N3O. The first-order valence-corrected chi connectivity index (χ1v) is 3.71. The molecule has 7 heteroatoms. The van der Waals surface area contributed by atoms with Crippen molar-refractivity contribution in [1.29, 1.82) is 0 Å². The Labute approximate surface area is 77.0 Å². The first kappa shape index (κ1) is 8.95. The summed E-state index contributed by atoms with van der Waals surface area (Å²) in [5.41, 5.74) is 9.02. The van der Waals surface area contributed by atoms with Crippen molar-refractivity contribution < 1.29 is 17.9 Å². The number of fused-ring (bicyclic) bond motifs is 1. The van der Waals surface area contributed by atoms with Crippen molar-refractivity contribution in [2.75, 3.05) is 10.9 Å². The van der Waals surface area contributed by atoms with Gasteiger partial charge in [0.2, 0.25) is 0 Å². The number of alkyl halides is 3. The van der Waals surface area contributed by atoms with Crippen LogP contribution in [0.5, 0.6) is 5.75 Å². The van der Waals surface area contributed by atoms with Gasteiger partial charge in [-0.1, -0.05) is 0 Å². The summed E-state index contributed by atoms with van der Waals surface area (Å²) in [7, 11) is 0. The molecule has 0 radical (unpaired) electrons. The van der Waals surface area contributed by atoms with Gasteiger partial charge in [-0.3, -0.25) is 0 Å². The van der Waals surface area contributed by atoms with Gasteiger partial charge in [-0.05, 0) is 12.1 Å². The van der Waals surface area contributed by atoms with Gasteiger partial charge in [0.1, 0.15) is 5.75 Å². The molecule has 0 amide bonds. The van der Waals surface area contributed by atoms with E-state index in [4.69, 9.17) is 0 Å². The Bertz CT molecular complexity index is 353. The van der Waals surface area contributed by atoms with Gasteiger partial charge in [0, 0.05) is 6.07 Å². The molecule has 0 spiro atoms. The molecule has 0 fully saturated rings. The zero-order valence-electron chi connectivity index (χ0n) is 6.77. The highest BCUT2D eigenvalue weighted by atomic mass is 19.4. The molecule has 14 heavy (non-hydrogen) atoms. The van der Waals surface area contributed by atoms with Crippen LogP contribution < -0.4 is 21.1 Å². The zero-order valence-corrected chi connectivity index (χ0v) is 6.77. The number of ether oxygens (including phenoxy) is 1. The highest BCUT2D eigenvalue weighted by Gasteiger charge is 2.31. The molecule has 2 rings (SSSR count). The Balaban J connectivity index is 2.21. The summed E-state index contributed by atoms with van der Waals surface area (Å²) in [5.74, 6) is -0.255. The molecule has 76 valence electrons. The van der Waals surface area contributed by atoms with Crippen molar-refractivity contribution in [3.05, 3.63) is 18.2 Å². The second-order valence-corrected chi connectivity index (χ2v) is 2.63. The van der Waals surface area contributed by atoms with Crippen LogP contribution in [0.25, 0.3) is 0 Å². The minimum absolute atomic E-state index is 0.255. The summed E-state index contributed by atoms with van der Waals surface area (Å²) < 4.78 is 39.2. The van der Waals surface area contributed by atoms with Gasteiger partial charge in [0.15, 0.2) is 0 Å². The third-order valence-electron chi connectivity index (χ3n) is 1.62. The van der Waals surface area contributed by atoms with Crippen molar-refractivity contribution in [1.82, 2.24) is 5.53 Å². The van der Waals surface area contributed by atoms with E-state index in [0.29, 0.717) is 11.4 Å². The maximum absolute atomic E-state index is 11.8. The number of anilines is 2. The van der Waals surface area contributed by atoms with Crippen LogP contribution in [-0.2, 0) is 0 Å². The fraction of sp³-hybridized carbons (Fsp3) is 0.143. The summed E-state index contributed by atoms with van der Waals surface area (Å²) in [6.07, 6.45) is -4.66. The van der Waals surface area contributed by atoms with Crippen LogP contribution in [0.4, 0.5) is 24.5 Å². The Morgan fingerprint density at radius 2 is 1.79 bits per heavy atom. The number of hydrogen-bond donors (Lipinski definition) is 3. The van der Waals surface area contributed by atoms with E-state index in [9.17, 15) is 13.2 Å². The lowest BCUT2D eigenvalue weighted by atomic mass is 10.2. The number of rotatable bonds is 1. The minimum atomic E-state index is -4.66. The molecule has 1 aliphatic rings. The molecule has 1 heterocycles. The van der Waals surface area contributed by atoms with Crippen LogP contribution in [0.1, 0.15) is 0 Å². The molecular weight excluding hydrogens is 199 g/mol. The van der Waals surface area contributed by atoms with Gasteiger partial charge < -0.3 is 15.6 Å². The standard InChI is InChI=1S/C7H6F3N3O/c8-7(9,10)14-4-1-2-5-6(3-4)12-13-11-5/h1-3,11-13H. The third-order valence-corrected chi connectivity index (χ3v) is 1.62. The van der Waals surface area contributed by atoms with Gasteiger partial charge in [-0.2, -0.15) is 0 Å². The summed E-state index contributed by atoms with van der Waals surface area (Å²) in [6, 6.07) is 3.95. The lowest BCUT2D eigenvalue weighted by Crippen LogP contribution is -2.19. The summed E-state index contributed by atoms with van der Waals surface area (Å²) in [5, 5.41) is 0. The average molecular weight is 205 g/mol. The number of halogens is 3. The maximum Gasteiger partial charge on any atom is 0.573 e. The van der Waals surface area contributed by atoms with Gasteiger partial charge in [-0.15, -0.1) is 18.7 Å². The van der Waals surface area contributed by atoms with Crippen molar-refractivity contribution >= 4 is 11.4 Å². The topological polar surface area (TPSA) is 45.3 Å². The van der Waals surface area contributed by atoms with Gasteiger partial charge >= 0.3 is 6.36 Å². The maximum atomic E-state index is 11.8. The molecule has 1 aromatic carbocycles. The van der Waals surface area contributed by atoms with Gasteiger partial charge in [0.25, 0.3) is 0 Å². The van der Waals surface area contributed by atoms with E-state index >= 15 is 0 Å². The van der Waals surface area contributed by atoms with E-state index in [0.717, 1.165) is 0 Å². The highest BCUT2D eigenvalue weighted by molar-refractivity contribution is 5.73. The van der Waals surface area contributed by atoms with Crippen LogP contribution in [-0.4, -0.2) is 6.36 Å². The summed E-state index contributed by atoms with van der Waals surface area (Å²) in [4.78, 5) is 0. The first-order valence-electron chi connectivity index (χ1n) is 3.71. The van der Waals surface area contributed by atoms with Crippen LogP contribution in [0.3, 0.4) is 0 Å². The molecule has 4 nitrogen and oxygen atoms in total. The fourth-order valence-electron chi connectivity index (χ4n) is 1.10. The number of benzene rings is 1. The van der Waals surface area contributed by atoms with Gasteiger partial charge in [-0.25, -0.2) is 0 Å². The van der Waals surface area contributed by atoms with E-state index in [2.05, 4.69) is 21.1 Å². The predicted octanol–water partition coefficient (Wildman–Crippen LogP) is 1.84. The Morgan fingerprint density at radius 3 is 2.50 bits per heavy atom. The van der Waals surface area contributed by atoms with Crippen molar-refractivity contribution in [3.63, 3.8) is 0 Å². The van der Waals surface area contributed by atoms with E-state index in [1.807, 2.05) is 0 Å². The van der Waals surface area contributed by atoms with Crippen LogP contribution in [0, 0.1) is 0 Å². The lowest BCUT2D eigenvalue weighted by molar-refractivity contribution is -0.274. The zero-order chi connectivity index (χ0) is 10.2. The van der Waals surface area contributed by atoms with Crippen LogP contribution in [0.15, 0.2) is 18.2 Å². The van der Waals surface area contributed by atoms with Crippen molar-refractivity contribution in [3.8, 4) is 5.75 Å². The van der Waals surface area contributed by atoms with E-state index < -0.39 is 6.36 Å². The molecule has 0 bridgehead atoms. The van der Waals surface area contributed by atoms with E-state index in [-0.39, 0.29) is 5.75 Å². The molecule has 1 aromatic rings. The Hall–Kier alpha value is -1.63. The quantitative estimate of drug-likeness (QED) is 0.654. The number of hydrazine groups is 2. The largest absolute Gasteiger partial charge is 0.573 e. The second-order valence-electron chi connectivity index (χ2n) is 2.63. The normalized spacial score (nSPS) is 14.2. The molecule has 3 N–H and O–H groups in total. The molecule has 0 saturated heterocycles. The van der Waals surface area contributed by atoms with Gasteiger partial charge in [0.05, 0.1) is 11.4 Å². The molecule has 0 aliphatic carbocycles. The fourth-order valence-corrected chi connectivity index (χ4v) is 1.10. The minimum Gasteiger partial charge on any atom is -0.406 e. The lowest BCUT2D eigenvalue weighted by Gasteiger charge is -2.09. The molecule has 0 unspecified atom stereocenters. The third kappa shape index (κ3) is 1.82. The molecule has 0 atom stereocenters. The monoisotopic (exact) mass is 205 g/mol. The molecule has 0 saturated carbocycles. The SMILES string of the molecule is FC(F)(F)Oc1ccc2c(c1)NNN2. The van der Waals surface area contributed by atoms with Crippen LogP contribution >= 0.6 is 0 Å². The van der Waals surface area contributed by atoms with Crippen LogP contribution in [0.2, 0.25) is 0 Å². The van der Waals surface area contributed by atoms with Crippen molar-refractivity contribution in [2.45, 2.75) is 6.36 Å². The van der Waals surface area contributed by atoms with E-state index in [1.54, 1.807) is 0 Å². The second kappa shape index (κ2) is 2.95. The Morgan fingerprint density at radius 1 is 1.07 bits per heavy atom. The molecule has 0 aromatic heterocycles. The summed E-state index contributed by atoms with van der Waals surface area (Å²) in [6.45, 7) is 0. The number of hydrogen-bond acceptors (Lipinski definition) is 4.